The third-order valence-electron chi connectivity index (χ3n) is 3.70. The van der Waals surface area contributed by atoms with E-state index in [9.17, 15) is 15.0 Å². The van der Waals surface area contributed by atoms with Gasteiger partial charge in [-0.3, -0.25) is 4.79 Å². The highest BCUT2D eigenvalue weighted by Gasteiger charge is 2.40. The van der Waals surface area contributed by atoms with Crippen LogP contribution < -0.4 is 0 Å². The van der Waals surface area contributed by atoms with Gasteiger partial charge in [0.25, 0.3) is 5.91 Å². The van der Waals surface area contributed by atoms with Gasteiger partial charge in [-0.15, -0.1) is 0 Å². The second kappa shape index (κ2) is 5.50. The first-order valence-corrected chi connectivity index (χ1v) is 6.32. The molecule has 1 aromatic carbocycles. The van der Waals surface area contributed by atoms with Crippen LogP contribution in [-0.4, -0.2) is 46.3 Å². The second-order valence-electron chi connectivity index (χ2n) is 4.82. The maximum Gasteiger partial charge on any atom is 0.254 e. The zero-order valence-electron chi connectivity index (χ0n) is 10.4. The number of hydrogen-bond donors (Lipinski definition) is 2. The van der Waals surface area contributed by atoms with E-state index in [-0.39, 0.29) is 19.1 Å². The lowest BCUT2D eigenvalue weighted by Crippen LogP contribution is -2.59. The van der Waals surface area contributed by atoms with Crippen LogP contribution in [0.2, 0.25) is 0 Å². The van der Waals surface area contributed by atoms with E-state index in [4.69, 9.17) is 0 Å². The molecule has 1 amide bonds. The van der Waals surface area contributed by atoms with E-state index < -0.39 is 5.54 Å². The lowest BCUT2D eigenvalue weighted by atomic mass is 9.87. The van der Waals surface area contributed by atoms with Crippen LogP contribution in [0.1, 0.15) is 29.6 Å². The molecule has 2 N–H and O–H groups in total. The number of aliphatic hydroxyl groups is 2. The zero-order valence-corrected chi connectivity index (χ0v) is 10.4. The normalized spacial score (nSPS) is 18.7. The molecule has 0 unspecified atom stereocenters. The monoisotopic (exact) mass is 249 g/mol. The van der Waals surface area contributed by atoms with Gasteiger partial charge in [0.2, 0.25) is 0 Å². The smallest absolute Gasteiger partial charge is 0.254 e. The largest absolute Gasteiger partial charge is 0.394 e. The molecule has 98 valence electrons. The summed E-state index contributed by atoms with van der Waals surface area (Å²) in [5.41, 5.74) is -0.198. The maximum atomic E-state index is 12.4. The molecule has 0 spiro atoms. The summed E-state index contributed by atoms with van der Waals surface area (Å²) in [6, 6.07) is 9.01. The van der Waals surface area contributed by atoms with Gasteiger partial charge < -0.3 is 15.1 Å². The molecule has 1 saturated heterocycles. The summed E-state index contributed by atoms with van der Waals surface area (Å²) < 4.78 is 0. The van der Waals surface area contributed by atoms with Crippen molar-refractivity contribution in [1.82, 2.24) is 4.90 Å². The number of aliphatic hydroxyl groups excluding tert-OH is 2. The molecule has 0 saturated carbocycles. The summed E-state index contributed by atoms with van der Waals surface area (Å²) in [4.78, 5) is 14.1. The fourth-order valence-electron chi connectivity index (χ4n) is 2.53. The molecule has 2 rings (SSSR count). The van der Waals surface area contributed by atoms with Crippen LogP contribution in [0.4, 0.5) is 0 Å². The molecule has 1 aliphatic rings. The van der Waals surface area contributed by atoms with Crippen LogP contribution >= 0.6 is 0 Å². The Bertz CT molecular complexity index is 401. The number of piperidine rings is 1. The number of nitrogens with zero attached hydrogens (tertiary/aromatic N) is 1. The number of likely N-dealkylation sites (tertiary alicyclic amines) is 1. The van der Waals surface area contributed by atoms with Crippen LogP contribution in [0.25, 0.3) is 0 Å². The molecule has 0 atom stereocenters. The Labute approximate surface area is 107 Å². The van der Waals surface area contributed by atoms with E-state index in [1.165, 1.54) is 0 Å². The fraction of sp³-hybridized carbons (Fsp3) is 0.500. The SMILES string of the molecule is O=C(c1ccccc1)N1CCCCC1(CO)CO. The van der Waals surface area contributed by atoms with Crippen LogP contribution in [0, 0.1) is 0 Å². The molecule has 0 radical (unpaired) electrons. The van der Waals surface area contributed by atoms with Crippen LogP contribution in [-0.2, 0) is 0 Å². The summed E-state index contributed by atoms with van der Waals surface area (Å²) in [6.45, 7) is 0.207. The summed E-state index contributed by atoms with van der Waals surface area (Å²) in [5.74, 6) is -0.113. The molecule has 1 aliphatic heterocycles. The van der Waals surface area contributed by atoms with Gasteiger partial charge in [0.1, 0.15) is 0 Å². The predicted molar refractivity (Wildman–Crippen MR) is 68.2 cm³/mol. The van der Waals surface area contributed by atoms with Gasteiger partial charge in [0.15, 0.2) is 0 Å². The van der Waals surface area contributed by atoms with Gasteiger partial charge in [-0.2, -0.15) is 0 Å². The average Bonchev–Trinajstić information content (AvgIpc) is 2.47. The first kappa shape index (κ1) is 13.1. The van der Waals surface area contributed by atoms with E-state index in [0.717, 1.165) is 12.8 Å². The van der Waals surface area contributed by atoms with Gasteiger partial charge in [0.05, 0.1) is 18.8 Å². The summed E-state index contributed by atoms with van der Waals surface area (Å²) in [5, 5.41) is 19.1. The number of carbonyl (C=O) groups is 1. The Morgan fingerprint density at radius 3 is 2.44 bits per heavy atom. The molecular weight excluding hydrogens is 230 g/mol. The molecule has 0 aromatic heterocycles. The lowest BCUT2D eigenvalue weighted by molar-refractivity contribution is -0.0253. The van der Waals surface area contributed by atoms with Crippen molar-refractivity contribution >= 4 is 5.91 Å². The number of amides is 1. The molecule has 1 fully saturated rings. The van der Waals surface area contributed by atoms with E-state index in [1.807, 2.05) is 18.2 Å². The number of carbonyl (C=O) groups excluding carboxylic acids is 1. The Morgan fingerprint density at radius 2 is 1.83 bits per heavy atom. The van der Waals surface area contributed by atoms with Crippen molar-refractivity contribution < 1.29 is 15.0 Å². The minimum absolute atomic E-state index is 0.113. The zero-order chi connectivity index (χ0) is 13.0. The maximum absolute atomic E-state index is 12.4. The van der Waals surface area contributed by atoms with Gasteiger partial charge in [-0.25, -0.2) is 0 Å². The number of hydrogen-bond acceptors (Lipinski definition) is 3. The lowest BCUT2D eigenvalue weighted by Gasteiger charge is -2.45. The molecule has 0 aliphatic carbocycles. The van der Waals surface area contributed by atoms with E-state index in [0.29, 0.717) is 18.5 Å². The predicted octanol–water partition coefficient (Wildman–Crippen LogP) is 1.04. The molecule has 4 nitrogen and oxygen atoms in total. The molecular formula is C14H19NO3. The van der Waals surface area contributed by atoms with Gasteiger partial charge >= 0.3 is 0 Å². The molecule has 1 heterocycles. The second-order valence-corrected chi connectivity index (χ2v) is 4.82. The van der Waals surface area contributed by atoms with Gasteiger partial charge in [-0.05, 0) is 31.4 Å². The third-order valence-corrected chi connectivity index (χ3v) is 3.70. The quantitative estimate of drug-likeness (QED) is 0.841. The molecule has 0 bridgehead atoms. The van der Waals surface area contributed by atoms with Crippen LogP contribution in [0.15, 0.2) is 30.3 Å². The number of benzene rings is 1. The molecule has 4 heteroatoms. The highest BCUT2D eigenvalue weighted by atomic mass is 16.3. The summed E-state index contributed by atoms with van der Waals surface area (Å²) >= 11 is 0. The van der Waals surface area contributed by atoms with Crippen molar-refractivity contribution in [2.24, 2.45) is 0 Å². The Hall–Kier alpha value is -1.39. The standard InChI is InChI=1S/C14H19NO3/c16-10-14(11-17)8-4-5-9-15(14)13(18)12-6-2-1-3-7-12/h1-3,6-7,16-17H,4-5,8-11H2. The Balaban J connectivity index is 2.27. The van der Waals surface area contributed by atoms with Crippen LogP contribution in [0.5, 0.6) is 0 Å². The molecule has 18 heavy (non-hydrogen) atoms. The summed E-state index contributed by atoms with van der Waals surface area (Å²) in [6.07, 6.45) is 2.50. The van der Waals surface area contributed by atoms with Crippen molar-refractivity contribution in [3.05, 3.63) is 35.9 Å². The fourth-order valence-corrected chi connectivity index (χ4v) is 2.53. The van der Waals surface area contributed by atoms with Crippen LogP contribution in [0.3, 0.4) is 0 Å². The molecule has 1 aromatic rings. The van der Waals surface area contributed by atoms with E-state index in [1.54, 1.807) is 17.0 Å². The Kier molecular flexibility index (Phi) is 3.99. The average molecular weight is 249 g/mol. The highest BCUT2D eigenvalue weighted by molar-refractivity contribution is 5.94. The summed E-state index contributed by atoms with van der Waals surface area (Å²) in [7, 11) is 0. The van der Waals surface area contributed by atoms with Gasteiger partial charge in [-0.1, -0.05) is 18.2 Å². The Morgan fingerprint density at radius 1 is 1.17 bits per heavy atom. The minimum Gasteiger partial charge on any atom is -0.394 e. The topological polar surface area (TPSA) is 60.8 Å². The highest BCUT2D eigenvalue weighted by Crippen LogP contribution is 2.29. The number of rotatable bonds is 3. The van der Waals surface area contributed by atoms with Crippen molar-refractivity contribution in [2.45, 2.75) is 24.8 Å². The van der Waals surface area contributed by atoms with Crippen molar-refractivity contribution in [3.8, 4) is 0 Å². The van der Waals surface area contributed by atoms with E-state index >= 15 is 0 Å². The first-order valence-electron chi connectivity index (χ1n) is 6.32. The van der Waals surface area contributed by atoms with Crippen molar-refractivity contribution in [2.75, 3.05) is 19.8 Å². The first-order chi connectivity index (χ1) is 8.73. The minimum atomic E-state index is -0.800. The van der Waals surface area contributed by atoms with Crippen molar-refractivity contribution in [3.63, 3.8) is 0 Å². The van der Waals surface area contributed by atoms with E-state index in [2.05, 4.69) is 0 Å². The van der Waals surface area contributed by atoms with Gasteiger partial charge in [0, 0.05) is 12.1 Å². The third kappa shape index (κ3) is 2.26. The van der Waals surface area contributed by atoms with Crippen molar-refractivity contribution in [1.29, 1.82) is 0 Å².